The molecule has 0 radical (unpaired) electrons. The number of amides is 2. The molecule has 1 atom stereocenters. The summed E-state index contributed by atoms with van der Waals surface area (Å²) in [6, 6.07) is 7.52. The van der Waals surface area contributed by atoms with E-state index in [4.69, 9.17) is 16.3 Å². The first-order chi connectivity index (χ1) is 12.8. The summed E-state index contributed by atoms with van der Waals surface area (Å²) in [4.78, 5) is 26.4. The van der Waals surface area contributed by atoms with Crippen LogP contribution in [-0.2, 0) is 0 Å². The van der Waals surface area contributed by atoms with Crippen molar-refractivity contribution in [1.29, 1.82) is 0 Å². The van der Waals surface area contributed by atoms with Crippen molar-refractivity contribution in [3.8, 4) is 11.6 Å². The lowest BCUT2D eigenvalue weighted by atomic mass is 10.2. The summed E-state index contributed by atoms with van der Waals surface area (Å²) < 4.78 is 5.86. The molecule has 3 rings (SSSR count). The highest BCUT2D eigenvalue weighted by Crippen LogP contribution is 2.30. The Morgan fingerprint density at radius 1 is 1.26 bits per heavy atom. The van der Waals surface area contributed by atoms with Gasteiger partial charge in [0.25, 0.3) is 0 Å². The molecule has 1 aliphatic heterocycles. The van der Waals surface area contributed by atoms with Crippen LogP contribution in [0.1, 0.15) is 12.5 Å². The van der Waals surface area contributed by atoms with E-state index in [1.54, 1.807) is 31.1 Å². The molecule has 1 aromatic heterocycles. The second-order valence-corrected chi connectivity index (χ2v) is 7.32. The zero-order chi connectivity index (χ0) is 19.6. The standard InChI is InChI=1S/C19H24ClN5O2/c1-13-5-6-15(20)16(9-13)27-18-10-17(21-12-22-18)24-7-8-25(14(2)11-24)19(26)23(3)4/h5-6,9-10,12,14H,7-8,11H2,1-4H3. The first kappa shape index (κ1) is 19.2. The van der Waals surface area contributed by atoms with E-state index < -0.39 is 0 Å². The van der Waals surface area contributed by atoms with Crippen molar-refractivity contribution in [3.63, 3.8) is 0 Å². The number of anilines is 1. The third-order valence-electron chi connectivity index (χ3n) is 4.51. The van der Waals surface area contributed by atoms with E-state index in [-0.39, 0.29) is 12.1 Å². The first-order valence-corrected chi connectivity index (χ1v) is 9.22. The highest BCUT2D eigenvalue weighted by molar-refractivity contribution is 6.32. The molecule has 7 nitrogen and oxygen atoms in total. The van der Waals surface area contributed by atoms with E-state index in [1.807, 2.05) is 30.9 Å². The minimum Gasteiger partial charge on any atom is -0.437 e. The molecule has 0 saturated carbocycles. The summed E-state index contributed by atoms with van der Waals surface area (Å²) >= 11 is 6.20. The number of hydrogen-bond acceptors (Lipinski definition) is 5. The molecular weight excluding hydrogens is 366 g/mol. The number of piperazine rings is 1. The molecule has 27 heavy (non-hydrogen) atoms. The zero-order valence-corrected chi connectivity index (χ0v) is 16.8. The van der Waals surface area contributed by atoms with Gasteiger partial charge in [-0.3, -0.25) is 0 Å². The van der Waals surface area contributed by atoms with Gasteiger partial charge in [-0.15, -0.1) is 0 Å². The predicted molar refractivity (Wildman–Crippen MR) is 106 cm³/mol. The fourth-order valence-corrected chi connectivity index (χ4v) is 3.22. The van der Waals surface area contributed by atoms with Gasteiger partial charge >= 0.3 is 6.03 Å². The predicted octanol–water partition coefficient (Wildman–Crippen LogP) is 3.42. The topological polar surface area (TPSA) is 61.8 Å². The Kier molecular flexibility index (Phi) is 5.70. The Balaban J connectivity index is 1.73. The summed E-state index contributed by atoms with van der Waals surface area (Å²) in [5.41, 5.74) is 1.05. The fraction of sp³-hybridized carbons (Fsp3) is 0.421. The zero-order valence-electron chi connectivity index (χ0n) is 16.0. The van der Waals surface area contributed by atoms with E-state index in [9.17, 15) is 4.79 Å². The molecule has 144 valence electrons. The third-order valence-corrected chi connectivity index (χ3v) is 4.82. The number of carbonyl (C=O) groups excluding carboxylic acids is 1. The van der Waals surface area contributed by atoms with Gasteiger partial charge in [-0.25, -0.2) is 14.8 Å². The summed E-state index contributed by atoms with van der Waals surface area (Å²) in [5.74, 6) is 1.77. The maximum Gasteiger partial charge on any atom is 0.319 e. The minimum atomic E-state index is 0.0305. The Bertz CT molecular complexity index is 829. The first-order valence-electron chi connectivity index (χ1n) is 8.84. The van der Waals surface area contributed by atoms with Gasteiger partial charge in [0, 0.05) is 45.8 Å². The Morgan fingerprint density at radius 3 is 2.74 bits per heavy atom. The molecule has 0 N–H and O–H groups in total. The van der Waals surface area contributed by atoms with Gasteiger partial charge in [-0.05, 0) is 31.5 Å². The number of urea groups is 1. The molecular formula is C19H24ClN5O2. The summed E-state index contributed by atoms with van der Waals surface area (Å²) in [6.07, 6.45) is 1.48. The lowest BCUT2D eigenvalue weighted by molar-refractivity contribution is 0.146. The number of nitrogens with zero attached hydrogens (tertiary/aromatic N) is 5. The maximum atomic E-state index is 12.2. The molecule has 1 saturated heterocycles. The molecule has 8 heteroatoms. The number of halogens is 1. The van der Waals surface area contributed by atoms with E-state index in [0.29, 0.717) is 36.3 Å². The van der Waals surface area contributed by atoms with Gasteiger partial charge in [0.1, 0.15) is 17.9 Å². The number of benzene rings is 1. The largest absolute Gasteiger partial charge is 0.437 e. The van der Waals surface area contributed by atoms with Crippen LogP contribution >= 0.6 is 11.6 Å². The fourth-order valence-electron chi connectivity index (χ4n) is 3.07. The SMILES string of the molecule is Cc1ccc(Cl)c(Oc2cc(N3CCN(C(=O)N(C)C)C(C)C3)ncn2)c1. The molecule has 2 amide bonds. The van der Waals surface area contributed by atoms with E-state index in [2.05, 4.69) is 14.9 Å². The van der Waals surface area contributed by atoms with Crippen molar-refractivity contribution in [2.45, 2.75) is 19.9 Å². The minimum absolute atomic E-state index is 0.0305. The van der Waals surface area contributed by atoms with Crippen LogP contribution in [0.2, 0.25) is 5.02 Å². The van der Waals surface area contributed by atoms with Crippen LogP contribution < -0.4 is 9.64 Å². The lowest BCUT2D eigenvalue weighted by Crippen LogP contribution is -2.56. The van der Waals surface area contributed by atoms with Crippen LogP contribution in [0.15, 0.2) is 30.6 Å². The number of rotatable bonds is 3. The Labute approximate surface area is 164 Å². The average molecular weight is 390 g/mol. The average Bonchev–Trinajstić information content (AvgIpc) is 2.64. The van der Waals surface area contributed by atoms with Crippen molar-refractivity contribution in [3.05, 3.63) is 41.2 Å². The van der Waals surface area contributed by atoms with Crippen molar-refractivity contribution >= 4 is 23.4 Å². The number of aryl methyl sites for hydroxylation is 1. The van der Waals surface area contributed by atoms with Crippen LogP contribution in [0.25, 0.3) is 0 Å². The van der Waals surface area contributed by atoms with Gasteiger partial charge in [-0.1, -0.05) is 17.7 Å². The van der Waals surface area contributed by atoms with E-state index in [1.165, 1.54) is 6.33 Å². The summed E-state index contributed by atoms with van der Waals surface area (Å²) in [6.45, 7) is 6.05. The second-order valence-electron chi connectivity index (χ2n) is 6.92. The van der Waals surface area contributed by atoms with Gasteiger partial charge in [0.15, 0.2) is 0 Å². The van der Waals surface area contributed by atoms with E-state index >= 15 is 0 Å². The van der Waals surface area contributed by atoms with E-state index in [0.717, 1.165) is 11.4 Å². The molecule has 0 aliphatic carbocycles. The summed E-state index contributed by atoms with van der Waals surface area (Å²) in [7, 11) is 3.54. The number of hydrogen-bond donors (Lipinski definition) is 0. The van der Waals surface area contributed by atoms with Crippen molar-refractivity contribution < 1.29 is 9.53 Å². The third kappa shape index (κ3) is 4.42. The molecule has 2 heterocycles. The van der Waals surface area contributed by atoms with Crippen LogP contribution in [0.4, 0.5) is 10.6 Å². The van der Waals surface area contributed by atoms with Gasteiger partial charge < -0.3 is 19.4 Å². The lowest BCUT2D eigenvalue weighted by Gasteiger charge is -2.41. The monoisotopic (exact) mass is 389 g/mol. The van der Waals surface area contributed by atoms with Crippen LogP contribution in [0, 0.1) is 6.92 Å². The number of ether oxygens (including phenoxy) is 1. The van der Waals surface area contributed by atoms with Crippen molar-refractivity contribution in [2.24, 2.45) is 0 Å². The van der Waals surface area contributed by atoms with Crippen LogP contribution in [-0.4, -0.2) is 65.6 Å². The van der Waals surface area contributed by atoms with Crippen LogP contribution in [0.5, 0.6) is 11.6 Å². The summed E-state index contributed by atoms with van der Waals surface area (Å²) in [5, 5.41) is 0.533. The second kappa shape index (κ2) is 8.00. The van der Waals surface area contributed by atoms with Crippen LogP contribution in [0.3, 0.4) is 0 Å². The van der Waals surface area contributed by atoms with Gasteiger partial charge in [0.05, 0.1) is 5.02 Å². The molecule has 1 aromatic carbocycles. The molecule has 0 spiro atoms. The number of aromatic nitrogens is 2. The molecule has 0 bridgehead atoms. The maximum absolute atomic E-state index is 12.2. The molecule has 1 unspecified atom stereocenters. The van der Waals surface area contributed by atoms with Gasteiger partial charge in [-0.2, -0.15) is 0 Å². The highest BCUT2D eigenvalue weighted by Gasteiger charge is 2.29. The Hall–Kier alpha value is -2.54. The van der Waals surface area contributed by atoms with Crippen molar-refractivity contribution in [1.82, 2.24) is 19.8 Å². The van der Waals surface area contributed by atoms with Gasteiger partial charge in [0.2, 0.25) is 5.88 Å². The smallest absolute Gasteiger partial charge is 0.319 e. The normalized spacial score (nSPS) is 17.0. The molecule has 1 aliphatic rings. The highest BCUT2D eigenvalue weighted by atomic mass is 35.5. The molecule has 1 fully saturated rings. The molecule has 2 aromatic rings. The number of carbonyl (C=O) groups is 1. The quantitative estimate of drug-likeness (QED) is 0.804. The Morgan fingerprint density at radius 2 is 2.04 bits per heavy atom. The van der Waals surface area contributed by atoms with Crippen molar-refractivity contribution in [2.75, 3.05) is 38.6 Å².